The second-order valence-electron chi connectivity index (χ2n) is 10.7. The fourth-order valence-electron chi connectivity index (χ4n) is 5.00. The number of rotatable bonds is 5. The molecule has 0 unspecified atom stereocenters. The number of hydrogen-bond acceptors (Lipinski definition) is 5. The molecular weight excluding hydrogens is 454 g/mol. The zero-order valence-electron chi connectivity index (χ0n) is 21.8. The average molecular weight is 492 g/mol. The molecule has 0 bridgehead atoms. The maximum absolute atomic E-state index is 13.4. The maximum atomic E-state index is 13.4. The number of para-hydroxylation sites is 1. The molecule has 35 heavy (non-hydrogen) atoms. The third-order valence-electron chi connectivity index (χ3n) is 7.44. The summed E-state index contributed by atoms with van der Waals surface area (Å²) in [7, 11) is 0. The predicted octanol–water partition coefficient (Wildman–Crippen LogP) is 6.79. The van der Waals surface area contributed by atoms with Gasteiger partial charge in [-0.1, -0.05) is 45.9 Å². The first kappa shape index (κ1) is 24.0. The predicted molar refractivity (Wildman–Crippen MR) is 146 cm³/mol. The van der Waals surface area contributed by atoms with Crippen molar-refractivity contribution in [1.82, 2.24) is 14.9 Å². The number of anilines is 2. The molecule has 1 aliphatic carbocycles. The maximum Gasteiger partial charge on any atom is 0.321 e. The van der Waals surface area contributed by atoms with Crippen molar-refractivity contribution in [3.05, 3.63) is 45.6 Å². The number of carbonyl (C=O) groups is 1. The minimum Gasteiger partial charge on any atom is -0.352 e. The summed E-state index contributed by atoms with van der Waals surface area (Å²) in [4.78, 5) is 30.1. The molecule has 1 aliphatic heterocycles. The Kier molecular flexibility index (Phi) is 6.47. The molecule has 2 aliphatic rings. The van der Waals surface area contributed by atoms with E-state index in [0.29, 0.717) is 30.8 Å². The third kappa shape index (κ3) is 4.63. The van der Waals surface area contributed by atoms with Crippen molar-refractivity contribution < 1.29 is 4.79 Å². The van der Waals surface area contributed by atoms with Crippen molar-refractivity contribution in [2.75, 3.05) is 36.4 Å². The number of nitrogens with one attached hydrogen (secondary N) is 1. The normalized spacial score (nSPS) is 16.6. The molecule has 6 nitrogen and oxygen atoms in total. The zero-order chi connectivity index (χ0) is 24.9. The number of carbonyl (C=O) groups excluding carboxylic acids is 1. The molecule has 3 heterocycles. The quantitative estimate of drug-likeness (QED) is 0.427. The number of fused-ring (bicyclic) bond motifs is 1. The second-order valence-corrected chi connectivity index (χ2v) is 11.9. The van der Waals surface area contributed by atoms with Crippen LogP contribution in [0, 0.1) is 13.8 Å². The number of thiophene rings is 1. The van der Waals surface area contributed by atoms with Crippen molar-refractivity contribution in [3.8, 4) is 0 Å². The smallest absolute Gasteiger partial charge is 0.321 e. The summed E-state index contributed by atoms with van der Waals surface area (Å²) in [5.74, 6) is 3.27. The lowest BCUT2D eigenvalue weighted by atomic mass is 9.93. The first-order valence-electron chi connectivity index (χ1n) is 13.0. The number of piperazine rings is 1. The lowest BCUT2D eigenvalue weighted by molar-refractivity contribution is 0.208. The molecule has 2 fully saturated rings. The van der Waals surface area contributed by atoms with Crippen molar-refractivity contribution in [2.45, 2.75) is 72.1 Å². The summed E-state index contributed by atoms with van der Waals surface area (Å²) in [6.45, 7) is 16.0. The molecule has 0 atom stereocenters. The van der Waals surface area contributed by atoms with Gasteiger partial charge in [0.25, 0.3) is 0 Å². The van der Waals surface area contributed by atoms with E-state index in [1.54, 1.807) is 11.3 Å². The van der Waals surface area contributed by atoms with Gasteiger partial charge in [0.2, 0.25) is 0 Å². The van der Waals surface area contributed by atoms with E-state index in [1.165, 1.54) is 39.8 Å². The largest absolute Gasteiger partial charge is 0.352 e. The van der Waals surface area contributed by atoms with Gasteiger partial charge in [0, 0.05) is 42.7 Å². The van der Waals surface area contributed by atoms with E-state index in [2.05, 4.69) is 70.0 Å². The Labute approximate surface area is 212 Å². The highest BCUT2D eigenvalue weighted by Gasteiger charge is 2.31. The topological polar surface area (TPSA) is 61.4 Å². The Morgan fingerprint density at radius 3 is 2.20 bits per heavy atom. The van der Waals surface area contributed by atoms with Gasteiger partial charge in [0.15, 0.2) is 0 Å². The number of amides is 2. The highest BCUT2D eigenvalue weighted by atomic mass is 32.1. The fraction of sp³-hybridized carbons (Fsp3) is 0.536. The molecule has 2 amide bonds. The van der Waals surface area contributed by atoms with E-state index < -0.39 is 0 Å². The number of nitrogens with zero attached hydrogens (tertiary/aromatic N) is 4. The molecule has 186 valence electrons. The van der Waals surface area contributed by atoms with Crippen molar-refractivity contribution in [3.63, 3.8) is 0 Å². The van der Waals surface area contributed by atoms with Crippen molar-refractivity contribution in [2.24, 2.45) is 0 Å². The highest BCUT2D eigenvalue weighted by molar-refractivity contribution is 7.18. The number of aromatic nitrogens is 2. The minimum absolute atomic E-state index is 0.00582. The number of benzene rings is 1. The van der Waals surface area contributed by atoms with E-state index in [4.69, 9.17) is 9.97 Å². The molecule has 2 aromatic heterocycles. The van der Waals surface area contributed by atoms with Crippen LogP contribution in [-0.2, 0) is 0 Å². The van der Waals surface area contributed by atoms with Crippen LogP contribution in [0.15, 0.2) is 18.2 Å². The molecule has 0 radical (unpaired) electrons. The second kappa shape index (κ2) is 9.41. The molecular formula is C28H37N5OS. The van der Waals surface area contributed by atoms with Gasteiger partial charge in [0.1, 0.15) is 16.5 Å². The Bertz CT molecular complexity index is 1230. The fourth-order valence-corrected chi connectivity index (χ4v) is 6.03. The van der Waals surface area contributed by atoms with Gasteiger partial charge < -0.3 is 15.1 Å². The van der Waals surface area contributed by atoms with Gasteiger partial charge >= 0.3 is 6.03 Å². The molecule has 1 saturated heterocycles. The number of aryl methyl sites for hydroxylation is 2. The summed E-state index contributed by atoms with van der Waals surface area (Å²) < 4.78 is 0. The Hall–Kier alpha value is -2.67. The number of hydrogen-bond donors (Lipinski definition) is 1. The van der Waals surface area contributed by atoms with Crippen LogP contribution in [0.25, 0.3) is 10.2 Å². The van der Waals surface area contributed by atoms with Crippen LogP contribution in [0.5, 0.6) is 0 Å². The van der Waals surface area contributed by atoms with E-state index in [9.17, 15) is 4.79 Å². The lowest BCUT2D eigenvalue weighted by Gasteiger charge is -2.36. The van der Waals surface area contributed by atoms with Gasteiger partial charge in [-0.3, -0.25) is 0 Å². The highest BCUT2D eigenvalue weighted by Crippen LogP contribution is 2.42. The summed E-state index contributed by atoms with van der Waals surface area (Å²) in [5, 5.41) is 4.48. The Morgan fingerprint density at radius 1 is 1.00 bits per heavy atom. The van der Waals surface area contributed by atoms with Crippen LogP contribution < -0.4 is 10.2 Å². The molecule has 1 saturated carbocycles. The number of urea groups is 1. The van der Waals surface area contributed by atoms with E-state index >= 15 is 0 Å². The van der Waals surface area contributed by atoms with Gasteiger partial charge in [-0.25, -0.2) is 14.8 Å². The van der Waals surface area contributed by atoms with Crippen LogP contribution in [0.2, 0.25) is 0 Å². The van der Waals surface area contributed by atoms with Gasteiger partial charge in [-0.15, -0.1) is 11.3 Å². The lowest BCUT2D eigenvalue weighted by Crippen LogP contribution is -2.50. The average Bonchev–Trinajstić information content (AvgIpc) is 3.64. The third-order valence-corrected chi connectivity index (χ3v) is 8.54. The summed E-state index contributed by atoms with van der Waals surface area (Å²) in [6, 6.07) is 6.36. The van der Waals surface area contributed by atoms with Gasteiger partial charge in [-0.2, -0.15) is 0 Å². The molecule has 7 heteroatoms. The van der Waals surface area contributed by atoms with Crippen molar-refractivity contribution >= 4 is 39.1 Å². The Morgan fingerprint density at radius 2 is 1.63 bits per heavy atom. The molecule has 1 aromatic carbocycles. The van der Waals surface area contributed by atoms with Crippen LogP contribution >= 0.6 is 11.3 Å². The zero-order valence-corrected chi connectivity index (χ0v) is 22.6. The van der Waals surface area contributed by atoms with Crippen LogP contribution in [0.4, 0.5) is 16.3 Å². The van der Waals surface area contributed by atoms with Gasteiger partial charge in [0.05, 0.1) is 5.39 Å². The minimum atomic E-state index is -0.00582. The van der Waals surface area contributed by atoms with Crippen LogP contribution in [-0.4, -0.2) is 47.1 Å². The summed E-state index contributed by atoms with van der Waals surface area (Å²) >= 11 is 1.78. The van der Waals surface area contributed by atoms with E-state index in [-0.39, 0.29) is 6.03 Å². The van der Waals surface area contributed by atoms with Crippen molar-refractivity contribution in [1.29, 1.82) is 0 Å². The van der Waals surface area contributed by atoms with E-state index in [1.807, 2.05) is 4.90 Å². The molecule has 0 spiro atoms. The molecule has 3 aromatic rings. The van der Waals surface area contributed by atoms with Crippen LogP contribution in [0.3, 0.4) is 0 Å². The van der Waals surface area contributed by atoms with E-state index in [0.717, 1.165) is 35.2 Å². The van der Waals surface area contributed by atoms with Crippen LogP contribution in [0.1, 0.15) is 85.7 Å². The first-order chi connectivity index (χ1) is 16.7. The standard InChI is InChI=1S/C28H37N5OS/c1-16(2)21-8-7-9-22(17(3)4)24(21)29-28(34)33-14-12-32(13-15-33)26-23-18(5)19(6)35-27(23)31-25(30-26)20-10-11-20/h7-9,16-17,20H,10-15H2,1-6H3,(H,29,34). The molecule has 5 rings (SSSR count). The van der Waals surface area contributed by atoms with Gasteiger partial charge in [-0.05, 0) is 55.2 Å². The molecule has 1 N–H and O–H groups in total. The SMILES string of the molecule is Cc1sc2nc(C3CC3)nc(N3CCN(C(=O)Nc4c(C(C)C)cccc4C(C)C)CC3)c2c1C. The Balaban J connectivity index is 1.35. The first-order valence-corrected chi connectivity index (χ1v) is 13.8. The summed E-state index contributed by atoms with van der Waals surface area (Å²) in [6.07, 6.45) is 2.39. The summed E-state index contributed by atoms with van der Waals surface area (Å²) in [5.41, 5.74) is 4.67. The monoisotopic (exact) mass is 491 g/mol.